The van der Waals surface area contributed by atoms with Gasteiger partial charge >= 0.3 is 0 Å². The van der Waals surface area contributed by atoms with Gasteiger partial charge in [-0.05, 0) is 24.3 Å². The van der Waals surface area contributed by atoms with Gasteiger partial charge in [0.15, 0.2) is 11.5 Å². The molecule has 6 nitrogen and oxygen atoms in total. The van der Waals surface area contributed by atoms with Gasteiger partial charge < -0.3 is 18.9 Å². The second-order valence-electron chi connectivity index (χ2n) is 3.96. The lowest BCUT2D eigenvalue weighted by Crippen LogP contribution is -1.99. The van der Waals surface area contributed by atoms with E-state index in [9.17, 15) is 0 Å². The molecule has 0 saturated carbocycles. The predicted molar refractivity (Wildman–Crippen MR) is 83.8 cm³/mol. The summed E-state index contributed by atoms with van der Waals surface area (Å²) in [6, 6.07) is 7.22. The summed E-state index contributed by atoms with van der Waals surface area (Å²) in [6.45, 7) is 3.72. The average Bonchev–Trinajstić information content (AvgIpc) is 2.57. The van der Waals surface area contributed by atoms with E-state index in [1.807, 2.05) is 12.1 Å². The normalized spacial score (nSPS) is 12.2. The van der Waals surface area contributed by atoms with Crippen LogP contribution in [0.15, 0.2) is 70.6 Å². The van der Waals surface area contributed by atoms with Crippen molar-refractivity contribution in [3.05, 3.63) is 60.4 Å². The van der Waals surface area contributed by atoms with Crippen molar-refractivity contribution in [3.8, 4) is 5.75 Å². The summed E-state index contributed by atoms with van der Waals surface area (Å²) < 4.78 is 20.5. The average molecular weight is 304 g/mol. The van der Waals surface area contributed by atoms with Gasteiger partial charge in [-0.25, -0.2) is 0 Å². The zero-order chi connectivity index (χ0) is 16.4. The van der Waals surface area contributed by atoms with E-state index in [1.165, 1.54) is 27.5 Å². The minimum Gasteiger partial charge on any atom is -0.497 e. The Morgan fingerprint density at radius 2 is 1.68 bits per heavy atom. The lowest BCUT2D eigenvalue weighted by Gasteiger charge is -2.11. The molecule has 0 fully saturated rings. The summed E-state index contributed by atoms with van der Waals surface area (Å²) in [5, 5.41) is 8.00. The Morgan fingerprint density at radius 1 is 1.00 bits per heavy atom. The van der Waals surface area contributed by atoms with Crippen molar-refractivity contribution < 1.29 is 18.9 Å². The SMILES string of the molecule is C=C(OC)\C(OC)=C(/C=C/N=N/c1ccc(OC)cc1)OC. The molecule has 0 amide bonds. The van der Waals surface area contributed by atoms with Crippen LogP contribution < -0.4 is 4.74 Å². The molecule has 0 unspecified atom stereocenters. The standard InChI is InChI=1S/C16H20N2O4/c1-12(19-2)16(22-5)15(21-4)10-11-17-18-13-6-8-14(20-3)9-7-13/h6-11H,1H2,2-5H3/b11-10+,16-15-,18-17+. The van der Waals surface area contributed by atoms with E-state index in [0.717, 1.165) is 5.75 Å². The molecule has 6 heteroatoms. The van der Waals surface area contributed by atoms with Crippen molar-refractivity contribution in [1.29, 1.82) is 0 Å². The second-order valence-corrected chi connectivity index (χ2v) is 3.96. The van der Waals surface area contributed by atoms with E-state index >= 15 is 0 Å². The maximum absolute atomic E-state index is 5.22. The summed E-state index contributed by atoms with van der Waals surface area (Å²) in [5.41, 5.74) is 0.710. The molecule has 118 valence electrons. The number of rotatable bonds is 8. The van der Waals surface area contributed by atoms with Crippen LogP contribution in [0.1, 0.15) is 0 Å². The number of benzene rings is 1. The lowest BCUT2D eigenvalue weighted by molar-refractivity contribution is 0.192. The zero-order valence-corrected chi connectivity index (χ0v) is 13.2. The largest absolute Gasteiger partial charge is 0.497 e. The molecule has 0 bridgehead atoms. The highest BCUT2D eigenvalue weighted by Gasteiger charge is 2.09. The molecule has 1 aromatic rings. The molecule has 1 rings (SSSR count). The van der Waals surface area contributed by atoms with Gasteiger partial charge in [-0.15, -0.1) is 0 Å². The highest BCUT2D eigenvalue weighted by atomic mass is 16.5. The highest BCUT2D eigenvalue weighted by molar-refractivity contribution is 5.40. The quantitative estimate of drug-likeness (QED) is 0.414. The Hall–Kier alpha value is -2.76. The smallest absolute Gasteiger partial charge is 0.202 e. The van der Waals surface area contributed by atoms with Crippen LogP contribution in [-0.4, -0.2) is 28.4 Å². The van der Waals surface area contributed by atoms with E-state index in [0.29, 0.717) is 23.0 Å². The Bertz CT molecular complexity index is 574. The molecular formula is C16H20N2O4. The van der Waals surface area contributed by atoms with Gasteiger partial charge in [0, 0.05) is 6.08 Å². The van der Waals surface area contributed by atoms with Crippen LogP contribution in [0.5, 0.6) is 5.75 Å². The molecule has 0 atom stereocenters. The van der Waals surface area contributed by atoms with E-state index < -0.39 is 0 Å². The minimum atomic E-state index is 0.357. The van der Waals surface area contributed by atoms with Crippen LogP contribution >= 0.6 is 0 Å². The molecule has 0 aliphatic rings. The topological polar surface area (TPSA) is 61.6 Å². The molecule has 1 aromatic carbocycles. The first kappa shape index (κ1) is 17.3. The zero-order valence-electron chi connectivity index (χ0n) is 13.2. The number of methoxy groups -OCH3 is 4. The van der Waals surface area contributed by atoms with Gasteiger partial charge in [0.05, 0.1) is 40.3 Å². The molecule has 0 saturated heterocycles. The highest BCUT2D eigenvalue weighted by Crippen LogP contribution is 2.19. The predicted octanol–water partition coefficient (Wildman–Crippen LogP) is 3.96. The fraction of sp³-hybridized carbons (Fsp3) is 0.250. The van der Waals surface area contributed by atoms with Crippen molar-refractivity contribution in [3.63, 3.8) is 0 Å². The summed E-state index contributed by atoms with van der Waals surface area (Å²) in [4.78, 5) is 0. The number of hydrogen-bond donors (Lipinski definition) is 0. The maximum Gasteiger partial charge on any atom is 0.202 e. The van der Waals surface area contributed by atoms with E-state index in [1.54, 1.807) is 25.3 Å². The molecule has 0 N–H and O–H groups in total. The van der Waals surface area contributed by atoms with Gasteiger partial charge in [-0.1, -0.05) is 6.58 Å². The Morgan fingerprint density at radius 3 is 2.18 bits per heavy atom. The number of ether oxygens (including phenoxy) is 4. The Kier molecular flexibility index (Phi) is 7.25. The van der Waals surface area contributed by atoms with Crippen LogP contribution in [0.2, 0.25) is 0 Å². The van der Waals surface area contributed by atoms with Gasteiger partial charge in [-0.3, -0.25) is 0 Å². The minimum absolute atomic E-state index is 0.357. The number of nitrogens with zero attached hydrogens (tertiary/aromatic N) is 2. The third-order valence-electron chi connectivity index (χ3n) is 2.69. The second kappa shape index (κ2) is 9.23. The van der Waals surface area contributed by atoms with E-state index in [4.69, 9.17) is 18.9 Å². The number of allylic oxidation sites excluding steroid dienone is 1. The number of azo groups is 1. The summed E-state index contributed by atoms with van der Waals surface area (Å²) in [5.74, 6) is 1.95. The summed E-state index contributed by atoms with van der Waals surface area (Å²) in [6.07, 6.45) is 3.10. The van der Waals surface area contributed by atoms with Crippen LogP contribution in [0.4, 0.5) is 5.69 Å². The molecule has 0 aromatic heterocycles. The third kappa shape index (κ3) is 4.97. The molecule has 0 heterocycles. The maximum atomic E-state index is 5.22. The van der Waals surface area contributed by atoms with Crippen molar-refractivity contribution >= 4 is 5.69 Å². The van der Waals surface area contributed by atoms with Crippen molar-refractivity contribution in [2.45, 2.75) is 0 Å². The van der Waals surface area contributed by atoms with Crippen molar-refractivity contribution in [1.82, 2.24) is 0 Å². The molecule has 0 radical (unpaired) electrons. The van der Waals surface area contributed by atoms with E-state index in [2.05, 4.69) is 16.8 Å². The Labute approximate surface area is 130 Å². The molecule has 0 aliphatic carbocycles. The first-order valence-electron chi connectivity index (χ1n) is 6.43. The fourth-order valence-corrected chi connectivity index (χ4v) is 1.53. The third-order valence-corrected chi connectivity index (χ3v) is 2.69. The Balaban J connectivity index is 2.82. The molecule has 22 heavy (non-hydrogen) atoms. The van der Waals surface area contributed by atoms with Crippen LogP contribution in [0.3, 0.4) is 0 Å². The van der Waals surface area contributed by atoms with Gasteiger partial charge in [0.25, 0.3) is 0 Å². The van der Waals surface area contributed by atoms with Gasteiger partial charge in [-0.2, -0.15) is 10.2 Å². The molecule has 0 aliphatic heterocycles. The monoisotopic (exact) mass is 304 g/mol. The summed E-state index contributed by atoms with van der Waals surface area (Å²) in [7, 11) is 6.13. The van der Waals surface area contributed by atoms with Gasteiger partial charge in [0.2, 0.25) is 5.76 Å². The van der Waals surface area contributed by atoms with E-state index in [-0.39, 0.29) is 0 Å². The van der Waals surface area contributed by atoms with Crippen molar-refractivity contribution in [2.24, 2.45) is 10.2 Å². The first-order chi connectivity index (χ1) is 10.7. The fourth-order valence-electron chi connectivity index (χ4n) is 1.53. The van der Waals surface area contributed by atoms with Crippen LogP contribution in [-0.2, 0) is 14.2 Å². The van der Waals surface area contributed by atoms with Crippen LogP contribution in [0.25, 0.3) is 0 Å². The number of hydrogen-bond acceptors (Lipinski definition) is 6. The molecular weight excluding hydrogens is 284 g/mol. The lowest BCUT2D eigenvalue weighted by atomic mass is 10.3. The van der Waals surface area contributed by atoms with Crippen LogP contribution in [0, 0.1) is 0 Å². The van der Waals surface area contributed by atoms with Gasteiger partial charge in [0.1, 0.15) is 5.75 Å². The van der Waals surface area contributed by atoms with Crippen molar-refractivity contribution in [2.75, 3.05) is 28.4 Å². The first-order valence-corrected chi connectivity index (χ1v) is 6.43. The summed E-state index contributed by atoms with van der Waals surface area (Å²) >= 11 is 0. The molecule has 0 spiro atoms.